The summed E-state index contributed by atoms with van der Waals surface area (Å²) in [6.45, 7) is 0. The van der Waals surface area contributed by atoms with Crippen LogP contribution in [0.15, 0.2) is 22.8 Å². The number of rotatable bonds is 1. The smallest absolute Gasteiger partial charge is 0.141 e. The van der Waals surface area contributed by atoms with Gasteiger partial charge in [-0.05, 0) is 40.9 Å². The number of carbonyl (C=O) groups excluding carboxylic acids is 1. The van der Waals surface area contributed by atoms with Crippen molar-refractivity contribution < 1.29 is 4.79 Å². The Hall–Kier alpha value is -0.700. The van der Waals surface area contributed by atoms with E-state index >= 15 is 0 Å². The molecule has 0 spiro atoms. The van der Waals surface area contributed by atoms with Crippen LogP contribution in [0, 0.1) is 0 Å². The van der Waals surface area contributed by atoms with Gasteiger partial charge in [0.25, 0.3) is 0 Å². The monoisotopic (exact) mass is 239 g/mol. The van der Waals surface area contributed by atoms with Gasteiger partial charge < -0.3 is 0 Å². The van der Waals surface area contributed by atoms with Crippen molar-refractivity contribution in [2.45, 2.75) is 25.2 Å². The van der Waals surface area contributed by atoms with E-state index in [-0.39, 0.29) is 5.92 Å². The standard InChI is InChI=1S/C10H10BrNO/c11-7-4-5-9(12-6-7)8-2-1-3-10(8)13/h4-6,8H,1-3H2/t8-/m1/s1. The zero-order chi connectivity index (χ0) is 9.26. The predicted octanol–water partition coefficient (Wildman–Crippen LogP) is 2.68. The molecule has 0 unspecified atom stereocenters. The number of hydrogen-bond donors (Lipinski definition) is 0. The summed E-state index contributed by atoms with van der Waals surface area (Å²) >= 11 is 3.32. The van der Waals surface area contributed by atoms with Crippen molar-refractivity contribution in [1.82, 2.24) is 4.98 Å². The van der Waals surface area contributed by atoms with E-state index in [1.807, 2.05) is 12.1 Å². The molecular weight excluding hydrogens is 230 g/mol. The lowest BCUT2D eigenvalue weighted by Crippen LogP contribution is -2.05. The van der Waals surface area contributed by atoms with Crippen LogP contribution >= 0.6 is 15.9 Å². The first kappa shape index (κ1) is 8.88. The highest BCUT2D eigenvalue weighted by molar-refractivity contribution is 9.10. The molecule has 1 fully saturated rings. The molecule has 2 nitrogen and oxygen atoms in total. The lowest BCUT2D eigenvalue weighted by molar-refractivity contribution is -0.118. The molecule has 1 aromatic heterocycles. The third-order valence-electron chi connectivity index (χ3n) is 2.41. The van der Waals surface area contributed by atoms with Crippen LogP contribution in [0.1, 0.15) is 30.9 Å². The minimum absolute atomic E-state index is 0.0631. The molecule has 1 aromatic rings. The summed E-state index contributed by atoms with van der Waals surface area (Å²) in [7, 11) is 0. The zero-order valence-electron chi connectivity index (χ0n) is 7.16. The third-order valence-corrected chi connectivity index (χ3v) is 2.88. The number of hydrogen-bond acceptors (Lipinski definition) is 2. The van der Waals surface area contributed by atoms with Crippen LogP contribution in [0.5, 0.6) is 0 Å². The zero-order valence-corrected chi connectivity index (χ0v) is 8.75. The summed E-state index contributed by atoms with van der Waals surface area (Å²) in [6.07, 6.45) is 4.46. The topological polar surface area (TPSA) is 30.0 Å². The molecular formula is C10H10BrNO. The molecule has 1 heterocycles. The van der Waals surface area contributed by atoms with Gasteiger partial charge in [-0.15, -0.1) is 0 Å². The van der Waals surface area contributed by atoms with E-state index in [4.69, 9.17) is 0 Å². The number of nitrogens with zero attached hydrogens (tertiary/aromatic N) is 1. The Morgan fingerprint density at radius 1 is 1.46 bits per heavy atom. The van der Waals surface area contributed by atoms with Gasteiger partial charge in [-0.25, -0.2) is 0 Å². The molecule has 0 aromatic carbocycles. The summed E-state index contributed by atoms with van der Waals surface area (Å²) in [5.41, 5.74) is 0.922. The van der Waals surface area contributed by atoms with Crippen LogP contribution in [0.3, 0.4) is 0 Å². The SMILES string of the molecule is O=C1CCC[C@@H]1c1ccc(Br)cn1. The molecule has 1 saturated carbocycles. The molecule has 13 heavy (non-hydrogen) atoms. The molecule has 1 aliphatic rings. The second kappa shape index (κ2) is 3.58. The van der Waals surface area contributed by atoms with Gasteiger partial charge in [0.05, 0.1) is 11.6 Å². The van der Waals surface area contributed by atoms with Gasteiger partial charge in [-0.3, -0.25) is 9.78 Å². The van der Waals surface area contributed by atoms with Gasteiger partial charge in [0, 0.05) is 17.1 Å². The number of carbonyl (C=O) groups is 1. The molecule has 68 valence electrons. The summed E-state index contributed by atoms with van der Waals surface area (Å²) in [4.78, 5) is 15.7. The van der Waals surface area contributed by atoms with E-state index in [9.17, 15) is 4.79 Å². The lowest BCUT2D eigenvalue weighted by Gasteiger charge is -2.05. The van der Waals surface area contributed by atoms with E-state index in [2.05, 4.69) is 20.9 Å². The fraction of sp³-hybridized carbons (Fsp3) is 0.400. The van der Waals surface area contributed by atoms with Crippen LogP contribution in [-0.2, 0) is 4.79 Å². The van der Waals surface area contributed by atoms with Crippen LogP contribution in [-0.4, -0.2) is 10.8 Å². The summed E-state index contributed by atoms with van der Waals surface area (Å²) in [5.74, 6) is 0.405. The number of ketones is 1. The van der Waals surface area contributed by atoms with Gasteiger partial charge in [0.15, 0.2) is 0 Å². The van der Waals surface area contributed by atoms with Crippen LogP contribution in [0.4, 0.5) is 0 Å². The lowest BCUT2D eigenvalue weighted by atomic mass is 10.0. The Bertz CT molecular complexity index is 320. The van der Waals surface area contributed by atoms with Gasteiger partial charge in [0.1, 0.15) is 5.78 Å². The van der Waals surface area contributed by atoms with E-state index in [0.717, 1.165) is 29.4 Å². The molecule has 0 N–H and O–H groups in total. The highest BCUT2D eigenvalue weighted by Gasteiger charge is 2.26. The average Bonchev–Trinajstić information content (AvgIpc) is 2.53. The highest BCUT2D eigenvalue weighted by atomic mass is 79.9. The van der Waals surface area contributed by atoms with Crippen molar-refractivity contribution in [3.05, 3.63) is 28.5 Å². The number of halogens is 1. The fourth-order valence-corrected chi connectivity index (χ4v) is 1.96. The summed E-state index contributed by atoms with van der Waals surface area (Å²) in [5, 5.41) is 0. The van der Waals surface area contributed by atoms with Crippen LogP contribution in [0.2, 0.25) is 0 Å². The second-order valence-electron chi connectivity index (χ2n) is 3.31. The molecule has 0 aliphatic heterocycles. The molecule has 0 radical (unpaired) electrons. The van der Waals surface area contributed by atoms with E-state index in [0.29, 0.717) is 5.78 Å². The van der Waals surface area contributed by atoms with Crippen LogP contribution < -0.4 is 0 Å². The number of Topliss-reactive ketones (excluding diaryl/α,β-unsaturated/α-hetero) is 1. The largest absolute Gasteiger partial charge is 0.299 e. The van der Waals surface area contributed by atoms with E-state index in [1.54, 1.807) is 6.20 Å². The number of aromatic nitrogens is 1. The van der Waals surface area contributed by atoms with Crippen LogP contribution in [0.25, 0.3) is 0 Å². The maximum Gasteiger partial charge on any atom is 0.141 e. The average molecular weight is 240 g/mol. The first-order valence-corrected chi connectivity index (χ1v) is 5.21. The Morgan fingerprint density at radius 2 is 2.31 bits per heavy atom. The number of pyridine rings is 1. The second-order valence-corrected chi connectivity index (χ2v) is 4.23. The van der Waals surface area contributed by atoms with Crippen molar-refractivity contribution in [2.75, 3.05) is 0 Å². The van der Waals surface area contributed by atoms with Crippen molar-refractivity contribution in [3.8, 4) is 0 Å². The fourth-order valence-electron chi connectivity index (χ4n) is 1.72. The van der Waals surface area contributed by atoms with Gasteiger partial charge in [-0.2, -0.15) is 0 Å². The Morgan fingerprint density at radius 3 is 2.85 bits per heavy atom. The van der Waals surface area contributed by atoms with Crippen molar-refractivity contribution in [3.63, 3.8) is 0 Å². The molecule has 0 amide bonds. The first-order chi connectivity index (χ1) is 6.27. The van der Waals surface area contributed by atoms with Gasteiger partial charge >= 0.3 is 0 Å². The van der Waals surface area contributed by atoms with Crippen molar-refractivity contribution in [2.24, 2.45) is 0 Å². The van der Waals surface area contributed by atoms with Gasteiger partial charge in [0.2, 0.25) is 0 Å². The Kier molecular flexibility index (Phi) is 2.44. The van der Waals surface area contributed by atoms with E-state index < -0.39 is 0 Å². The maximum absolute atomic E-state index is 11.4. The Balaban J connectivity index is 2.25. The minimum atomic E-state index is 0.0631. The summed E-state index contributed by atoms with van der Waals surface area (Å²) < 4.78 is 0.960. The quantitative estimate of drug-likeness (QED) is 0.755. The van der Waals surface area contributed by atoms with Gasteiger partial charge in [-0.1, -0.05) is 0 Å². The normalized spacial score (nSPS) is 22.2. The predicted molar refractivity (Wildman–Crippen MR) is 53.5 cm³/mol. The highest BCUT2D eigenvalue weighted by Crippen LogP contribution is 2.30. The molecule has 1 atom stereocenters. The molecule has 0 bridgehead atoms. The molecule has 0 saturated heterocycles. The first-order valence-electron chi connectivity index (χ1n) is 4.41. The van der Waals surface area contributed by atoms with Crippen molar-refractivity contribution >= 4 is 21.7 Å². The third kappa shape index (κ3) is 1.80. The maximum atomic E-state index is 11.4. The molecule has 2 rings (SSSR count). The molecule has 1 aliphatic carbocycles. The van der Waals surface area contributed by atoms with Crippen molar-refractivity contribution in [1.29, 1.82) is 0 Å². The summed E-state index contributed by atoms with van der Waals surface area (Å²) in [6, 6.07) is 3.87. The Labute approximate surface area is 85.5 Å². The minimum Gasteiger partial charge on any atom is -0.299 e. The van der Waals surface area contributed by atoms with E-state index in [1.165, 1.54) is 0 Å². The molecule has 3 heteroatoms.